The molecule has 0 radical (unpaired) electrons. The van der Waals surface area contributed by atoms with Crippen LogP contribution in [0.3, 0.4) is 0 Å². The fourth-order valence-corrected chi connectivity index (χ4v) is 1.29. The summed E-state index contributed by atoms with van der Waals surface area (Å²) in [6, 6.07) is 3.94. The number of hydrogen-bond donors (Lipinski definition) is 1. The van der Waals surface area contributed by atoms with Crippen molar-refractivity contribution >= 4 is 0 Å². The topological polar surface area (TPSA) is 48.1 Å². The Morgan fingerprint density at radius 3 is 2.93 bits per heavy atom. The second-order valence-corrected chi connectivity index (χ2v) is 4.05. The molecule has 0 aliphatic heterocycles. The first-order valence-electron chi connectivity index (χ1n) is 5.44. The van der Waals surface area contributed by atoms with Crippen LogP contribution in [0.25, 0.3) is 0 Å². The van der Waals surface area contributed by atoms with Crippen LogP contribution in [0.1, 0.15) is 31.5 Å². The third kappa shape index (κ3) is 4.40. The first-order chi connectivity index (χ1) is 7.24. The number of nitrogens with zero attached hydrogens (tertiary/aromatic N) is 1. The first-order valence-corrected chi connectivity index (χ1v) is 5.44. The van der Waals surface area contributed by atoms with Crippen LogP contribution < -0.4 is 5.73 Å². The summed E-state index contributed by atoms with van der Waals surface area (Å²) < 4.78 is 5.58. The summed E-state index contributed by atoms with van der Waals surface area (Å²) in [5, 5.41) is 0. The lowest BCUT2D eigenvalue weighted by atomic mass is 10.1. The summed E-state index contributed by atoms with van der Waals surface area (Å²) in [7, 11) is 0. The molecular formula is C12H20N2O. The van der Waals surface area contributed by atoms with E-state index in [1.54, 1.807) is 6.20 Å². The fraction of sp³-hybridized carbons (Fsp3) is 0.583. The number of aromatic nitrogens is 1. The summed E-state index contributed by atoms with van der Waals surface area (Å²) in [6.07, 6.45) is 2.86. The summed E-state index contributed by atoms with van der Waals surface area (Å²) in [4.78, 5) is 4.21. The standard InChI is InChI=1S/C12H20N2O/c1-10(2)5-7-15-9-11-4-3-6-14-12(11)8-13/h3-4,6,10H,5,7-9,13H2,1-2H3. The summed E-state index contributed by atoms with van der Waals surface area (Å²) >= 11 is 0. The zero-order valence-electron chi connectivity index (χ0n) is 9.57. The van der Waals surface area contributed by atoms with Crippen LogP contribution in [0.15, 0.2) is 18.3 Å². The molecule has 15 heavy (non-hydrogen) atoms. The van der Waals surface area contributed by atoms with Gasteiger partial charge in [-0.25, -0.2) is 0 Å². The predicted molar refractivity (Wildman–Crippen MR) is 61.2 cm³/mol. The molecular weight excluding hydrogens is 188 g/mol. The van der Waals surface area contributed by atoms with Crippen LogP contribution in [-0.4, -0.2) is 11.6 Å². The van der Waals surface area contributed by atoms with E-state index in [0.717, 1.165) is 24.3 Å². The SMILES string of the molecule is CC(C)CCOCc1cccnc1CN. The molecule has 0 amide bonds. The maximum atomic E-state index is 5.59. The number of hydrogen-bond acceptors (Lipinski definition) is 3. The van der Waals surface area contributed by atoms with E-state index < -0.39 is 0 Å². The second-order valence-electron chi connectivity index (χ2n) is 4.05. The van der Waals surface area contributed by atoms with E-state index in [4.69, 9.17) is 10.5 Å². The molecule has 0 saturated heterocycles. The van der Waals surface area contributed by atoms with Crippen molar-refractivity contribution in [1.82, 2.24) is 4.98 Å². The molecule has 0 aliphatic rings. The van der Waals surface area contributed by atoms with E-state index in [-0.39, 0.29) is 0 Å². The third-order valence-corrected chi connectivity index (χ3v) is 2.27. The summed E-state index contributed by atoms with van der Waals surface area (Å²) in [6.45, 7) is 6.28. The van der Waals surface area contributed by atoms with Gasteiger partial charge in [-0.2, -0.15) is 0 Å². The van der Waals surface area contributed by atoms with Crippen molar-refractivity contribution < 1.29 is 4.74 Å². The third-order valence-electron chi connectivity index (χ3n) is 2.27. The molecule has 0 saturated carbocycles. The molecule has 0 spiro atoms. The molecule has 3 heteroatoms. The molecule has 0 aliphatic carbocycles. The molecule has 0 unspecified atom stereocenters. The lowest BCUT2D eigenvalue weighted by Gasteiger charge is -2.08. The van der Waals surface area contributed by atoms with Gasteiger partial charge in [0.1, 0.15) is 0 Å². The molecule has 0 bridgehead atoms. The van der Waals surface area contributed by atoms with Crippen LogP contribution >= 0.6 is 0 Å². The van der Waals surface area contributed by atoms with Crippen molar-refractivity contribution in [2.75, 3.05) is 6.61 Å². The number of rotatable bonds is 6. The Morgan fingerprint density at radius 2 is 2.27 bits per heavy atom. The van der Waals surface area contributed by atoms with Crippen LogP contribution in [0.4, 0.5) is 0 Å². The van der Waals surface area contributed by atoms with Crippen LogP contribution in [-0.2, 0) is 17.9 Å². The molecule has 1 rings (SSSR count). The van der Waals surface area contributed by atoms with Gasteiger partial charge in [0.2, 0.25) is 0 Å². The Labute approximate surface area is 91.7 Å². The highest BCUT2D eigenvalue weighted by Gasteiger charge is 2.01. The van der Waals surface area contributed by atoms with Crippen molar-refractivity contribution in [3.63, 3.8) is 0 Å². The van der Waals surface area contributed by atoms with Gasteiger partial charge >= 0.3 is 0 Å². The van der Waals surface area contributed by atoms with Crippen LogP contribution in [0, 0.1) is 5.92 Å². The van der Waals surface area contributed by atoms with Gasteiger partial charge in [-0.05, 0) is 18.4 Å². The van der Waals surface area contributed by atoms with Crippen molar-refractivity contribution in [1.29, 1.82) is 0 Å². The lowest BCUT2D eigenvalue weighted by molar-refractivity contribution is 0.110. The minimum Gasteiger partial charge on any atom is -0.377 e. The first kappa shape index (κ1) is 12.1. The van der Waals surface area contributed by atoms with Gasteiger partial charge < -0.3 is 10.5 Å². The Bertz CT molecular complexity index is 287. The Morgan fingerprint density at radius 1 is 1.47 bits per heavy atom. The predicted octanol–water partition coefficient (Wildman–Crippen LogP) is 2.10. The van der Waals surface area contributed by atoms with E-state index in [0.29, 0.717) is 19.1 Å². The number of pyridine rings is 1. The van der Waals surface area contributed by atoms with E-state index in [1.165, 1.54) is 0 Å². The minimum atomic E-state index is 0.476. The smallest absolute Gasteiger partial charge is 0.0735 e. The molecule has 1 aromatic heterocycles. The molecule has 3 nitrogen and oxygen atoms in total. The van der Waals surface area contributed by atoms with Crippen molar-refractivity contribution in [3.8, 4) is 0 Å². The largest absolute Gasteiger partial charge is 0.377 e. The lowest BCUT2D eigenvalue weighted by Crippen LogP contribution is -2.06. The van der Waals surface area contributed by atoms with E-state index in [1.807, 2.05) is 12.1 Å². The average Bonchev–Trinajstić information content (AvgIpc) is 2.24. The number of nitrogens with two attached hydrogens (primary N) is 1. The zero-order chi connectivity index (χ0) is 11.1. The molecule has 84 valence electrons. The highest BCUT2D eigenvalue weighted by Crippen LogP contribution is 2.07. The van der Waals surface area contributed by atoms with Crippen molar-refractivity contribution in [3.05, 3.63) is 29.6 Å². The van der Waals surface area contributed by atoms with Crippen LogP contribution in [0.5, 0.6) is 0 Å². The second kappa shape index (κ2) is 6.53. The zero-order valence-corrected chi connectivity index (χ0v) is 9.57. The van der Waals surface area contributed by atoms with Gasteiger partial charge in [-0.15, -0.1) is 0 Å². The van der Waals surface area contributed by atoms with Gasteiger partial charge in [-0.1, -0.05) is 19.9 Å². The molecule has 2 N–H and O–H groups in total. The fourth-order valence-electron chi connectivity index (χ4n) is 1.29. The number of ether oxygens (including phenoxy) is 1. The maximum absolute atomic E-state index is 5.59. The van der Waals surface area contributed by atoms with Crippen molar-refractivity contribution in [2.24, 2.45) is 11.7 Å². The summed E-state index contributed by atoms with van der Waals surface area (Å²) in [5.74, 6) is 0.688. The molecule has 0 aromatic carbocycles. The van der Waals surface area contributed by atoms with Gasteiger partial charge in [-0.3, -0.25) is 4.98 Å². The Balaban J connectivity index is 2.36. The van der Waals surface area contributed by atoms with E-state index in [9.17, 15) is 0 Å². The van der Waals surface area contributed by atoms with Gasteiger partial charge in [0.05, 0.1) is 12.3 Å². The monoisotopic (exact) mass is 208 g/mol. The Hall–Kier alpha value is -0.930. The molecule has 0 fully saturated rings. The quantitative estimate of drug-likeness (QED) is 0.728. The van der Waals surface area contributed by atoms with Gasteiger partial charge in [0.15, 0.2) is 0 Å². The van der Waals surface area contributed by atoms with Crippen molar-refractivity contribution in [2.45, 2.75) is 33.4 Å². The molecule has 0 atom stereocenters. The summed E-state index contributed by atoms with van der Waals surface area (Å²) in [5.41, 5.74) is 7.62. The van der Waals surface area contributed by atoms with Gasteiger partial charge in [0.25, 0.3) is 0 Å². The normalized spacial score (nSPS) is 10.9. The average molecular weight is 208 g/mol. The highest BCUT2D eigenvalue weighted by atomic mass is 16.5. The van der Waals surface area contributed by atoms with E-state index in [2.05, 4.69) is 18.8 Å². The maximum Gasteiger partial charge on any atom is 0.0735 e. The molecule has 1 heterocycles. The molecule has 1 aromatic rings. The van der Waals surface area contributed by atoms with E-state index >= 15 is 0 Å². The van der Waals surface area contributed by atoms with Gasteiger partial charge in [0, 0.05) is 24.9 Å². The highest BCUT2D eigenvalue weighted by molar-refractivity contribution is 5.18. The Kier molecular flexibility index (Phi) is 5.29. The van der Waals surface area contributed by atoms with Crippen LogP contribution in [0.2, 0.25) is 0 Å². The minimum absolute atomic E-state index is 0.476.